The second kappa shape index (κ2) is 5.88. The van der Waals surface area contributed by atoms with Crippen molar-refractivity contribution < 1.29 is 9.60 Å². The van der Waals surface area contributed by atoms with Crippen molar-refractivity contribution in [1.82, 2.24) is 0 Å². The second-order valence-electron chi connectivity index (χ2n) is 3.25. The number of hydrogen-bond acceptors (Lipinski definition) is 3. The van der Waals surface area contributed by atoms with Crippen molar-refractivity contribution in [3.8, 4) is 0 Å². The van der Waals surface area contributed by atoms with E-state index in [1.165, 1.54) is 12.1 Å². The minimum atomic E-state index is -0.285. The number of hydrogen-bond donors (Lipinski definition) is 3. The molecular weight excluding hydrogens is 324 g/mol. The number of anilines is 1. The van der Waals surface area contributed by atoms with Gasteiger partial charge < -0.3 is 16.3 Å². The highest BCUT2D eigenvalue weighted by atomic mass is 127. The van der Waals surface area contributed by atoms with Crippen molar-refractivity contribution >= 4 is 34.1 Å². The predicted octanol–water partition coefficient (Wildman–Crippen LogP) is 2.37. The van der Waals surface area contributed by atoms with E-state index >= 15 is 0 Å². The number of nitrogens with two attached hydrogens (primary N) is 1. The quantitative estimate of drug-likeness (QED) is 0.260. The van der Waals surface area contributed by atoms with Crippen LogP contribution in [0.5, 0.6) is 0 Å². The number of benzene rings is 1. The molecule has 0 aliphatic carbocycles. The molecule has 1 atom stereocenters. The molecule has 6 heteroatoms. The van der Waals surface area contributed by atoms with E-state index in [9.17, 15) is 4.39 Å². The third kappa shape index (κ3) is 3.22. The minimum absolute atomic E-state index is 0.114. The molecule has 4 nitrogen and oxygen atoms in total. The van der Waals surface area contributed by atoms with Gasteiger partial charge in [-0.15, -0.1) is 0 Å². The Labute approximate surface area is 107 Å². The Bertz CT molecular complexity index is 398. The summed E-state index contributed by atoms with van der Waals surface area (Å²) in [5, 5.41) is 14.6. The molecule has 1 unspecified atom stereocenters. The van der Waals surface area contributed by atoms with E-state index in [1.807, 2.05) is 29.5 Å². The van der Waals surface area contributed by atoms with Gasteiger partial charge in [0.1, 0.15) is 5.82 Å². The lowest BCUT2D eigenvalue weighted by molar-refractivity contribution is 0.316. The zero-order valence-corrected chi connectivity index (χ0v) is 10.9. The number of nitrogens with one attached hydrogen (secondary N) is 1. The SMILES string of the molecule is CCC(Nc1ccc(F)cc1I)C(N)=NO. The lowest BCUT2D eigenvalue weighted by Gasteiger charge is -2.17. The van der Waals surface area contributed by atoms with Gasteiger partial charge >= 0.3 is 0 Å². The molecule has 0 spiro atoms. The summed E-state index contributed by atoms with van der Waals surface area (Å²) in [5.41, 5.74) is 6.28. The maximum atomic E-state index is 12.9. The number of amidine groups is 1. The van der Waals surface area contributed by atoms with Crippen LogP contribution in [0.15, 0.2) is 23.4 Å². The molecule has 0 heterocycles. The van der Waals surface area contributed by atoms with E-state index in [0.29, 0.717) is 6.42 Å². The molecule has 88 valence electrons. The van der Waals surface area contributed by atoms with Gasteiger partial charge in [0, 0.05) is 9.26 Å². The Morgan fingerprint density at radius 2 is 2.38 bits per heavy atom. The van der Waals surface area contributed by atoms with Gasteiger partial charge in [-0.25, -0.2) is 4.39 Å². The van der Waals surface area contributed by atoms with Gasteiger partial charge in [-0.05, 0) is 47.2 Å². The average molecular weight is 337 g/mol. The minimum Gasteiger partial charge on any atom is -0.409 e. The van der Waals surface area contributed by atoms with E-state index in [-0.39, 0.29) is 17.7 Å². The summed E-state index contributed by atoms with van der Waals surface area (Å²) in [6.07, 6.45) is 0.670. The Hall–Kier alpha value is -1.05. The molecule has 0 aliphatic rings. The predicted molar refractivity (Wildman–Crippen MR) is 70.2 cm³/mol. The van der Waals surface area contributed by atoms with Crippen LogP contribution in [0.4, 0.5) is 10.1 Å². The molecule has 0 fully saturated rings. The average Bonchev–Trinajstić information content (AvgIpc) is 2.27. The van der Waals surface area contributed by atoms with Gasteiger partial charge in [-0.2, -0.15) is 0 Å². The second-order valence-corrected chi connectivity index (χ2v) is 4.42. The molecule has 0 aliphatic heterocycles. The van der Waals surface area contributed by atoms with E-state index in [1.54, 1.807) is 6.07 Å². The highest BCUT2D eigenvalue weighted by Crippen LogP contribution is 2.20. The molecule has 0 radical (unpaired) electrons. The van der Waals surface area contributed by atoms with Crippen LogP contribution < -0.4 is 11.1 Å². The van der Waals surface area contributed by atoms with Crippen LogP contribution in [0.3, 0.4) is 0 Å². The van der Waals surface area contributed by atoms with Gasteiger partial charge in [-0.1, -0.05) is 12.1 Å². The smallest absolute Gasteiger partial charge is 0.161 e. The number of oxime groups is 1. The van der Waals surface area contributed by atoms with Crippen molar-refractivity contribution in [3.63, 3.8) is 0 Å². The molecule has 1 aromatic rings. The maximum absolute atomic E-state index is 12.9. The van der Waals surface area contributed by atoms with Gasteiger partial charge in [0.25, 0.3) is 0 Å². The number of nitrogens with zero attached hydrogens (tertiary/aromatic N) is 1. The van der Waals surface area contributed by atoms with Gasteiger partial charge in [0.15, 0.2) is 5.84 Å². The highest BCUT2D eigenvalue weighted by Gasteiger charge is 2.12. The monoisotopic (exact) mass is 337 g/mol. The van der Waals surface area contributed by atoms with E-state index < -0.39 is 0 Å². The first-order valence-electron chi connectivity index (χ1n) is 4.77. The number of rotatable bonds is 4. The summed E-state index contributed by atoms with van der Waals surface area (Å²) in [7, 11) is 0. The van der Waals surface area contributed by atoms with Gasteiger partial charge in [-0.3, -0.25) is 0 Å². The fourth-order valence-corrected chi connectivity index (χ4v) is 1.88. The maximum Gasteiger partial charge on any atom is 0.161 e. The molecular formula is C10H13FIN3O. The topological polar surface area (TPSA) is 70.6 Å². The highest BCUT2D eigenvalue weighted by molar-refractivity contribution is 14.1. The van der Waals surface area contributed by atoms with Crippen LogP contribution in [-0.4, -0.2) is 17.1 Å². The largest absolute Gasteiger partial charge is 0.409 e. The van der Waals surface area contributed by atoms with Crippen LogP contribution in [0.2, 0.25) is 0 Å². The van der Waals surface area contributed by atoms with E-state index in [2.05, 4.69) is 10.5 Å². The van der Waals surface area contributed by atoms with Crippen molar-refractivity contribution in [2.24, 2.45) is 10.9 Å². The number of halogens is 2. The first-order chi connectivity index (χ1) is 7.58. The fraction of sp³-hybridized carbons (Fsp3) is 0.300. The summed E-state index contributed by atoms with van der Waals surface area (Å²) in [6.45, 7) is 1.91. The summed E-state index contributed by atoms with van der Waals surface area (Å²) in [4.78, 5) is 0. The van der Waals surface area contributed by atoms with Crippen LogP contribution in [0.1, 0.15) is 13.3 Å². The Balaban J connectivity index is 2.86. The van der Waals surface area contributed by atoms with Crippen molar-refractivity contribution in [2.75, 3.05) is 5.32 Å². The summed E-state index contributed by atoms with van der Waals surface area (Å²) in [6, 6.07) is 4.15. The molecule has 0 saturated carbocycles. The van der Waals surface area contributed by atoms with Crippen LogP contribution >= 0.6 is 22.6 Å². The van der Waals surface area contributed by atoms with Crippen LogP contribution in [0.25, 0.3) is 0 Å². The molecule has 1 rings (SSSR count). The first-order valence-corrected chi connectivity index (χ1v) is 5.85. The molecule has 4 N–H and O–H groups in total. The Morgan fingerprint density at radius 1 is 1.69 bits per heavy atom. The van der Waals surface area contributed by atoms with Crippen molar-refractivity contribution in [1.29, 1.82) is 0 Å². The zero-order valence-electron chi connectivity index (χ0n) is 8.74. The molecule has 1 aromatic carbocycles. The van der Waals surface area contributed by atoms with Crippen molar-refractivity contribution in [3.05, 3.63) is 27.6 Å². The zero-order chi connectivity index (χ0) is 12.1. The van der Waals surface area contributed by atoms with Gasteiger partial charge in [0.05, 0.1) is 6.04 Å². The lowest BCUT2D eigenvalue weighted by Crippen LogP contribution is -2.35. The summed E-state index contributed by atoms with van der Waals surface area (Å²) < 4.78 is 13.6. The molecule has 0 bridgehead atoms. The third-order valence-corrected chi connectivity index (χ3v) is 3.03. The van der Waals surface area contributed by atoms with Gasteiger partial charge in [0.2, 0.25) is 0 Å². The van der Waals surface area contributed by atoms with E-state index in [4.69, 9.17) is 10.9 Å². The Kier molecular flexibility index (Phi) is 4.78. The standard InChI is InChI=1S/C10H13FIN3O/c1-2-8(10(13)15-16)14-9-4-3-6(11)5-7(9)12/h3-5,8,14,16H,2H2,1H3,(H2,13,15). The normalized spacial score (nSPS) is 13.6. The van der Waals surface area contributed by atoms with Crippen molar-refractivity contribution in [2.45, 2.75) is 19.4 Å². The first kappa shape index (κ1) is 13.0. The van der Waals surface area contributed by atoms with Crippen LogP contribution in [0, 0.1) is 9.39 Å². The molecule has 0 amide bonds. The van der Waals surface area contributed by atoms with Crippen LogP contribution in [-0.2, 0) is 0 Å². The fourth-order valence-electron chi connectivity index (χ4n) is 1.25. The third-order valence-electron chi connectivity index (χ3n) is 2.14. The molecule has 0 aromatic heterocycles. The lowest BCUT2D eigenvalue weighted by atomic mass is 10.2. The molecule has 0 saturated heterocycles. The Morgan fingerprint density at radius 3 is 2.88 bits per heavy atom. The molecule has 16 heavy (non-hydrogen) atoms. The van der Waals surface area contributed by atoms with E-state index in [0.717, 1.165) is 9.26 Å². The summed E-state index contributed by atoms with van der Waals surface area (Å²) >= 11 is 2.03. The summed E-state index contributed by atoms with van der Waals surface area (Å²) in [5.74, 6) is -0.172.